The number of thiophene rings is 1. The lowest BCUT2D eigenvalue weighted by molar-refractivity contribution is -0.0708. The first kappa shape index (κ1) is 25.9. The highest BCUT2D eigenvalue weighted by molar-refractivity contribution is 7.20. The largest absolute Gasteiger partial charge is 0.462 e. The second-order valence-corrected chi connectivity index (χ2v) is 11.2. The van der Waals surface area contributed by atoms with Gasteiger partial charge in [-0.3, -0.25) is 4.90 Å². The van der Waals surface area contributed by atoms with Gasteiger partial charge in [-0.05, 0) is 49.2 Å². The first-order chi connectivity index (χ1) is 18.8. The van der Waals surface area contributed by atoms with Gasteiger partial charge < -0.3 is 18.8 Å². The number of halogens is 2. The number of hydrogen-bond acceptors (Lipinski definition) is 7. The summed E-state index contributed by atoms with van der Waals surface area (Å²) >= 11 is 7.35. The van der Waals surface area contributed by atoms with Crippen molar-refractivity contribution in [3.8, 4) is 11.5 Å². The van der Waals surface area contributed by atoms with Gasteiger partial charge in [0, 0.05) is 37.6 Å². The van der Waals surface area contributed by atoms with Gasteiger partial charge in [0.15, 0.2) is 11.5 Å². The molecule has 2 aliphatic rings. The van der Waals surface area contributed by atoms with Crippen molar-refractivity contribution in [3.63, 3.8) is 0 Å². The van der Waals surface area contributed by atoms with Gasteiger partial charge >= 0.3 is 5.97 Å². The van der Waals surface area contributed by atoms with Crippen LogP contribution in [0.4, 0.5) is 4.39 Å². The van der Waals surface area contributed by atoms with Crippen LogP contribution in [0.15, 0.2) is 48.5 Å². The molecule has 0 N–H and O–H groups in total. The molecule has 202 valence electrons. The monoisotopic (exact) mass is 567 g/mol. The molecule has 0 unspecified atom stereocenters. The van der Waals surface area contributed by atoms with E-state index in [9.17, 15) is 9.18 Å². The number of nitrogens with zero attached hydrogens (tertiary/aromatic N) is 3. The molecule has 1 atom stereocenters. The van der Waals surface area contributed by atoms with Crippen LogP contribution in [0.1, 0.15) is 46.9 Å². The van der Waals surface area contributed by atoms with E-state index in [1.54, 1.807) is 32.0 Å². The Morgan fingerprint density at radius 1 is 1.26 bits per heavy atom. The Hall–Kier alpha value is -3.40. The summed E-state index contributed by atoms with van der Waals surface area (Å²) in [6.07, 6.45) is 3.02. The van der Waals surface area contributed by atoms with Crippen LogP contribution in [0.3, 0.4) is 0 Å². The molecular formula is C29H27ClFN3O4S. The van der Waals surface area contributed by atoms with Gasteiger partial charge in [0.1, 0.15) is 26.9 Å². The Labute approximate surface area is 234 Å². The Morgan fingerprint density at radius 3 is 2.82 bits per heavy atom. The fourth-order valence-electron chi connectivity index (χ4n) is 5.11. The van der Waals surface area contributed by atoms with Gasteiger partial charge in [0.05, 0.1) is 18.7 Å². The summed E-state index contributed by atoms with van der Waals surface area (Å²) in [7, 11) is 1.98. The summed E-state index contributed by atoms with van der Waals surface area (Å²) in [4.78, 5) is 20.7. The third-order valence-electron chi connectivity index (χ3n) is 7.12. The van der Waals surface area contributed by atoms with Crippen molar-refractivity contribution in [1.29, 1.82) is 0 Å². The number of rotatable bonds is 6. The Balaban J connectivity index is 1.18. The molecule has 2 aromatic carbocycles. The van der Waals surface area contributed by atoms with Crippen LogP contribution in [0.25, 0.3) is 15.9 Å². The highest BCUT2D eigenvalue weighted by Gasteiger charge is 2.42. The number of carbonyl (C=O) groups is 1. The zero-order valence-electron chi connectivity index (χ0n) is 21.8. The van der Waals surface area contributed by atoms with Crippen LogP contribution in [-0.2, 0) is 24.1 Å². The summed E-state index contributed by atoms with van der Waals surface area (Å²) in [5.74, 6) is 0.0849. The molecule has 0 fully saturated rings. The van der Waals surface area contributed by atoms with Gasteiger partial charge in [0.2, 0.25) is 0 Å². The van der Waals surface area contributed by atoms with Crippen LogP contribution in [0.5, 0.6) is 11.5 Å². The van der Waals surface area contributed by atoms with Crippen molar-refractivity contribution in [2.45, 2.75) is 32.6 Å². The predicted molar refractivity (Wildman–Crippen MR) is 149 cm³/mol. The zero-order valence-corrected chi connectivity index (χ0v) is 23.4. The second kappa shape index (κ2) is 9.97. The Kier molecular flexibility index (Phi) is 6.61. The van der Waals surface area contributed by atoms with E-state index in [2.05, 4.69) is 11.0 Å². The van der Waals surface area contributed by atoms with Gasteiger partial charge in [0.25, 0.3) is 5.79 Å². The molecule has 0 bridgehead atoms. The van der Waals surface area contributed by atoms with E-state index in [0.717, 1.165) is 46.8 Å². The maximum absolute atomic E-state index is 14.7. The molecule has 4 heterocycles. The van der Waals surface area contributed by atoms with Gasteiger partial charge in [-0.25, -0.2) is 14.2 Å². The molecule has 0 amide bonds. The quantitative estimate of drug-likeness (QED) is 0.247. The normalized spacial score (nSPS) is 18.9. The van der Waals surface area contributed by atoms with E-state index in [1.165, 1.54) is 17.4 Å². The molecule has 10 heteroatoms. The summed E-state index contributed by atoms with van der Waals surface area (Å²) in [6, 6.07) is 12.1. The van der Waals surface area contributed by atoms with Crippen molar-refractivity contribution in [1.82, 2.24) is 14.5 Å². The van der Waals surface area contributed by atoms with Crippen molar-refractivity contribution in [3.05, 3.63) is 81.2 Å². The van der Waals surface area contributed by atoms with Crippen LogP contribution >= 0.6 is 22.9 Å². The molecule has 0 spiro atoms. The number of carbonyl (C=O) groups excluding carboxylic acids is 1. The van der Waals surface area contributed by atoms with Gasteiger partial charge in [-0.2, -0.15) is 0 Å². The van der Waals surface area contributed by atoms with E-state index in [-0.39, 0.29) is 5.97 Å². The van der Waals surface area contributed by atoms with E-state index in [1.807, 2.05) is 29.8 Å². The number of para-hydroxylation sites is 1. The third kappa shape index (κ3) is 4.68. The summed E-state index contributed by atoms with van der Waals surface area (Å²) in [5.41, 5.74) is 3.22. The van der Waals surface area contributed by atoms with Crippen LogP contribution in [0.2, 0.25) is 5.02 Å². The Morgan fingerprint density at radius 2 is 2.10 bits per heavy atom. The first-order valence-corrected chi connectivity index (χ1v) is 14.0. The SMILES string of the molecule is CCOC(=O)c1cc2nc(CN3CC=C(c4cccc5c4O[C@](C)(c4ccc(Cl)cc4F)O5)CC3)n(C)c2s1. The lowest BCUT2D eigenvalue weighted by Gasteiger charge is -2.27. The number of aromatic nitrogens is 2. The average Bonchev–Trinajstić information content (AvgIpc) is 3.56. The number of hydrogen-bond donors (Lipinski definition) is 0. The van der Waals surface area contributed by atoms with Crippen molar-refractivity contribution in [2.75, 3.05) is 19.7 Å². The lowest BCUT2D eigenvalue weighted by atomic mass is 9.98. The van der Waals surface area contributed by atoms with Crippen molar-refractivity contribution >= 4 is 44.8 Å². The number of fused-ring (bicyclic) bond motifs is 2. The molecule has 0 saturated heterocycles. The average molecular weight is 568 g/mol. The molecule has 0 aliphatic carbocycles. The highest BCUT2D eigenvalue weighted by Crippen LogP contribution is 2.49. The summed E-state index contributed by atoms with van der Waals surface area (Å²) < 4.78 is 34.3. The number of aryl methyl sites for hydroxylation is 1. The molecule has 2 aliphatic heterocycles. The zero-order chi connectivity index (χ0) is 27.3. The van der Waals surface area contributed by atoms with Crippen molar-refractivity contribution < 1.29 is 23.4 Å². The van der Waals surface area contributed by atoms with Crippen LogP contribution < -0.4 is 9.47 Å². The number of benzene rings is 2. The molecule has 4 aromatic rings. The number of imidazole rings is 1. The van der Waals surface area contributed by atoms with Gasteiger partial charge in [-0.1, -0.05) is 29.8 Å². The van der Waals surface area contributed by atoms with Crippen molar-refractivity contribution in [2.24, 2.45) is 7.05 Å². The molecule has 6 rings (SSSR count). The number of ether oxygens (including phenoxy) is 3. The lowest BCUT2D eigenvalue weighted by Crippen LogP contribution is -2.32. The minimum atomic E-state index is -1.29. The topological polar surface area (TPSA) is 65.8 Å². The number of esters is 1. The fraction of sp³-hybridized carbons (Fsp3) is 0.310. The minimum Gasteiger partial charge on any atom is -0.462 e. The van der Waals surface area contributed by atoms with E-state index in [4.69, 9.17) is 30.8 Å². The first-order valence-electron chi connectivity index (χ1n) is 12.8. The van der Waals surface area contributed by atoms with Crippen LogP contribution in [0, 0.1) is 5.82 Å². The maximum atomic E-state index is 14.7. The van der Waals surface area contributed by atoms with E-state index < -0.39 is 11.6 Å². The molecule has 0 radical (unpaired) electrons. The Bertz CT molecular complexity index is 1630. The molecule has 39 heavy (non-hydrogen) atoms. The minimum absolute atomic E-state index is 0.294. The van der Waals surface area contributed by atoms with Gasteiger partial charge in [-0.15, -0.1) is 11.3 Å². The summed E-state index contributed by atoms with van der Waals surface area (Å²) in [5, 5.41) is 0.319. The molecular weight excluding hydrogens is 541 g/mol. The van der Waals surface area contributed by atoms with Crippen LogP contribution in [-0.4, -0.2) is 40.1 Å². The maximum Gasteiger partial charge on any atom is 0.348 e. The second-order valence-electron chi connectivity index (χ2n) is 9.73. The van der Waals surface area contributed by atoms with E-state index in [0.29, 0.717) is 40.1 Å². The highest BCUT2D eigenvalue weighted by atomic mass is 35.5. The smallest absolute Gasteiger partial charge is 0.348 e. The molecule has 0 saturated carbocycles. The molecule has 2 aromatic heterocycles. The predicted octanol–water partition coefficient (Wildman–Crippen LogP) is 6.54. The van der Waals surface area contributed by atoms with E-state index >= 15 is 0 Å². The molecule has 7 nitrogen and oxygen atoms in total. The summed E-state index contributed by atoms with van der Waals surface area (Å²) in [6.45, 7) is 6.14. The fourth-order valence-corrected chi connectivity index (χ4v) is 6.25. The standard InChI is InChI=1S/C29H27ClFN3O4S/c1-4-36-28(35)24-15-22-27(39-24)33(3)25(32-22)16-34-12-10-17(11-13-34)19-6-5-7-23-26(19)38-29(2,37-23)20-9-8-18(30)14-21(20)31/h5-10,14-15H,4,11-13,16H2,1-3H3/t29-/m1/s1. The third-order valence-corrected chi connectivity index (χ3v) is 8.53.